The van der Waals surface area contributed by atoms with Gasteiger partial charge in [-0.25, -0.2) is 9.97 Å². The fourth-order valence-electron chi connectivity index (χ4n) is 1.43. The van der Waals surface area contributed by atoms with Gasteiger partial charge in [-0.15, -0.1) is 0 Å². The summed E-state index contributed by atoms with van der Waals surface area (Å²) in [4.78, 5) is 33.5. The molecule has 0 spiro atoms. The summed E-state index contributed by atoms with van der Waals surface area (Å²) in [5.74, 6) is -0.464. The second-order valence-corrected chi connectivity index (χ2v) is 3.37. The number of hydrogen-bond acceptors (Lipinski definition) is 5. The van der Waals surface area contributed by atoms with Crippen molar-refractivity contribution in [1.82, 2.24) is 15.0 Å². The maximum Gasteiger partial charge on any atom is 0.312 e. The van der Waals surface area contributed by atoms with E-state index in [0.29, 0.717) is 11.2 Å². The van der Waals surface area contributed by atoms with Crippen molar-refractivity contribution in [3.63, 3.8) is 0 Å². The fourth-order valence-corrected chi connectivity index (χ4v) is 1.43. The van der Waals surface area contributed by atoms with Gasteiger partial charge in [0.05, 0.1) is 13.0 Å². The maximum absolute atomic E-state index is 11.6. The van der Waals surface area contributed by atoms with Crippen LogP contribution in [-0.2, 0) is 16.0 Å². The Morgan fingerprint density at radius 3 is 3.12 bits per heavy atom. The van der Waals surface area contributed by atoms with Gasteiger partial charge in [-0.05, 0) is 19.1 Å². The maximum atomic E-state index is 11.6. The molecule has 0 aromatic carbocycles. The third kappa shape index (κ3) is 2.47. The van der Waals surface area contributed by atoms with Crippen molar-refractivity contribution in [2.75, 3.05) is 6.61 Å². The summed E-state index contributed by atoms with van der Waals surface area (Å²) in [6.45, 7) is 1.99. The van der Waals surface area contributed by atoms with Crippen LogP contribution in [0.3, 0.4) is 0 Å². The highest BCUT2D eigenvalue weighted by Crippen LogP contribution is 2.03. The van der Waals surface area contributed by atoms with Gasteiger partial charge in [-0.1, -0.05) is 0 Å². The van der Waals surface area contributed by atoms with E-state index >= 15 is 0 Å². The number of aromatic amines is 1. The average molecular weight is 233 g/mol. The predicted octanol–water partition coefficient (Wildman–Crippen LogP) is 0.424. The molecular formula is C11H11N3O3. The van der Waals surface area contributed by atoms with Crippen LogP contribution in [0.1, 0.15) is 12.6 Å². The number of fused-ring (bicyclic) bond motifs is 1. The lowest BCUT2D eigenvalue weighted by Gasteiger charge is -2.02. The molecule has 88 valence electrons. The number of carbonyl (C=O) groups is 1. The molecule has 1 N–H and O–H groups in total. The number of nitrogens with zero attached hydrogens (tertiary/aromatic N) is 2. The molecule has 2 rings (SSSR count). The largest absolute Gasteiger partial charge is 0.466 e. The van der Waals surface area contributed by atoms with Crippen LogP contribution >= 0.6 is 0 Å². The highest BCUT2D eigenvalue weighted by Gasteiger charge is 2.10. The van der Waals surface area contributed by atoms with Crippen LogP contribution in [-0.4, -0.2) is 27.5 Å². The van der Waals surface area contributed by atoms with Crippen molar-refractivity contribution >= 4 is 17.1 Å². The first-order valence-electron chi connectivity index (χ1n) is 5.20. The molecule has 0 aliphatic carbocycles. The molecule has 6 heteroatoms. The molecule has 0 unspecified atom stereocenters. The Morgan fingerprint density at radius 1 is 1.53 bits per heavy atom. The number of nitrogens with one attached hydrogen (secondary N) is 1. The van der Waals surface area contributed by atoms with Crippen molar-refractivity contribution in [2.24, 2.45) is 0 Å². The van der Waals surface area contributed by atoms with E-state index in [1.54, 1.807) is 25.3 Å². The smallest absolute Gasteiger partial charge is 0.312 e. The molecule has 17 heavy (non-hydrogen) atoms. The Kier molecular flexibility index (Phi) is 3.13. The second kappa shape index (κ2) is 4.73. The lowest BCUT2D eigenvalue weighted by molar-refractivity contribution is -0.142. The van der Waals surface area contributed by atoms with Gasteiger partial charge >= 0.3 is 5.97 Å². The lowest BCUT2D eigenvalue weighted by atomic mass is 10.3. The predicted molar refractivity (Wildman–Crippen MR) is 60.5 cm³/mol. The van der Waals surface area contributed by atoms with Crippen molar-refractivity contribution in [3.05, 3.63) is 34.4 Å². The molecule has 0 atom stereocenters. The second-order valence-electron chi connectivity index (χ2n) is 3.37. The topological polar surface area (TPSA) is 84.9 Å². The number of hydrogen-bond donors (Lipinski definition) is 1. The zero-order valence-electron chi connectivity index (χ0n) is 9.27. The Bertz CT molecular complexity index is 606. The van der Waals surface area contributed by atoms with Crippen molar-refractivity contribution < 1.29 is 9.53 Å². The number of rotatable bonds is 3. The van der Waals surface area contributed by atoms with Gasteiger partial charge in [0.25, 0.3) is 5.56 Å². The molecule has 0 aliphatic heterocycles. The number of H-pyrrole nitrogens is 1. The number of esters is 1. The first-order chi connectivity index (χ1) is 8.20. The Labute approximate surface area is 96.7 Å². The van der Waals surface area contributed by atoms with Gasteiger partial charge in [0.1, 0.15) is 11.2 Å². The minimum atomic E-state index is -0.464. The molecule has 2 aromatic heterocycles. The monoisotopic (exact) mass is 233 g/mol. The minimum absolute atomic E-state index is 0.131. The zero-order chi connectivity index (χ0) is 12.3. The quantitative estimate of drug-likeness (QED) is 0.777. The summed E-state index contributed by atoms with van der Waals surface area (Å²) in [6.07, 6.45) is 1.43. The molecular weight excluding hydrogens is 222 g/mol. The van der Waals surface area contributed by atoms with Crippen LogP contribution < -0.4 is 5.56 Å². The first kappa shape index (κ1) is 11.3. The SMILES string of the molecule is CCOC(=O)Cc1nc2cccnc2[nH]c1=O. The molecule has 0 aliphatic rings. The van der Waals surface area contributed by atoms with Crippen LogP contribution in [0.25, 0.3) is 11.2 Å². The molecule has 2 heterocycles. The van der Waals surface area contributed by atoms with Crippen LogP contribution in [0, 0.1) is 0 Å². The Balaban J connectivity index is 2.37. The van der Waals surface area contributed by atoms with E-state index in [0.717, 1.165) is 0 Å². The Hall–Kier alpha value is -2.24. The summed E-state index contributed by atoms with van der Waals surface area (Å²) in [6, 6.07) is 3.43. The van der Waals surface area contributed by atoms with Gasteiger partial charge in [0.15, 0.2) is 5.65 Å². The fraction of sp³-hybridized carbons (Fsp3) is 0.273. The standard InChI is InChI=1S/C11H11N3O3/c1-2-17-9(15)6-8-11(16)14-10-7(13-8)4-3-5-12-10/h3-5H,2,6H2,1H3,(H,12,14,16). The summed E-state index contributed by atoms with van der Waals surface area (Å²) >= 11 is 0. The van der Waals surface area contributed by atoms with E-state index in [4.69, 9.17) is 4.74 Å². The summed E-state index contributed by atoms with van der Waals surface area (Å²) in [5.41, 5.74) is 0.685. The first-order valence-corrected chi connectivity index (χ1v) is 5.20. The molecule has 6 nitrogen and oxygen atoms in total. The highest BCUT2D eigenvalue weighted by molar-refractivity contribution is 5.73. The molecule has 0 bridgehead atoms. The van der Waals surface area contributed by atoms with Crippen molar-refractivity contribution in [3.8, 4) is 0 Å². The van der Waals surface area contributed by atoms with E-state index in [1.807, 2.05) is 0 Å². The summed E-state index contributed by atoms with van der Waals surface area (Å²) in [5, 5.41) is 0. The number of ether oxygens (including phenoxy) is 1. The molecule has 0 fully saturated rings. The van der Waals surface area contributed by atoms with Gasteiger partial charge < -0.3 is 9.72 Å². The Morgan fingerprint density at radius 2 is 2.35 bits per heavy atom. The van der Waals surface area contributed by atoms with Gasteiger partial charge in [0, 0.05) is 6.20 Å². The third-order valence-electron chi connectivity index (χ3n) is 2.15. The molecule has 0 radical (unpaired) electrons. The van der Waals surface area contributed by atoms with Crippen LogP contribution in [0.4, 0.5) is 0 Å². The highest BCUT2D eigenvalue weighted by atomic mass is 16.5. The van der Waals surface area contributed by atoms with E-state index in [-0.39, 0.29) is 18.7 Å². The van der Waals surface area contributed by atoms with Crippen molar-refractivity contribution in [2.45, 2.75) is 13.3 Å². The van der Waals surface area contributed by atoms with Gasteiger partial charge in [-0.2, -0.15) is 0 Å². The van der Waals surface area contributed by atoms with Crippen LogP contribution in [0.15, 0.2) is 23.1 Å². The normalized spacial score (nSPS) is 10.4. The number of pyridine rings is 1. The van der Waals surface area contributed by atoms with E-state index < -0.39 is 11.5 Å². The van der Waals surface area contributed by atoms with Gasteiger partial charge in [0.2, 0.25) is 0 Å². The van der Waals surface area contributed by atoms with Crippen LogP contribution in [0.2, 0.25) is 0 Å². The molecule has 0 saturated carbocycles. The van der Waals surface area contributed by atoms with E-state index in [2.05, 4.69) is 15.0 Å². The van der Waals surface area contributed by atoms with Gasteiger partial charge in [-0.3, -0.25) is 9.59 Å². The van der Waals surface area contributed by atoms with Crippen molar-refractivity contribution in [1.29, 1.82) is 0 Å². The number of carbonyl (C=O) groups excluding carboxylic acids is 1. The summed E-state index contributed by atoms with van der Waals surface area (Å²) < 4.78 is 4.77. The third-order valence-corrected chi connectivity index (χ3v) is 2.15. The minimum Gasteiger partial charge on any atom is -0.466 e. The average Bonchev–Trinajstić information content (AvgIpc) is 2.30. The lowest BCUT2D eigenvalue weighted by Crippen LogP contribution is -2.20. The zero-order valence-corrected chi connectivity index (χ0v) is 9.27. The summed E-state index contributed by atoms with van der Waals surface area (Å²) in [7, 11) is 0. The number of aromatic nitrogens is 3. The van der Waals surface area contributed by atoms with E-state index in [1.165, 1.54) is 0 Å². The molecule has 0 saturated heterocycles. The van der Waals surface area contributed by atoms with Crippen LogP contribution in [0.5, 0.6) is 0 Å². The van der Waals surface area contributed by atoms with E-state index in [9.17, 15) is 9.59 Å². The molecule has 0 amide bonds. The molecule has 2 aromatic rings.